The smallest absolute Gasteiger partial charge is 0.00675 e. The van der Waals surface area contributed by atoms with Crippen molar-refractivity contribution < 1.29 is 0 Å². The van der Waals surface area contributed by atoms with Gasteiger partial charge in [-0.05, 0) is 25.8 Å². The van der Waals surface area contributed by atoms with E-state index in [9.17, 15) is 0 Å². The van der Waals surface area contributed by atoms with Gasteiger partial charge in [-0.1, -0.05) is 33.6 Å². The van der Waals surface area contributed by atoms with E-state index < -0.39 is 0 Å². The molecule has 0 spiro atoms. The topological polar surface area (TPSA) is 12.0 Å². The summed E-state index contributed by atoms with van der Waals surface area (Å²) in [5.41, 5.74) is 0. The lowest BCUT2D eigenvalue weighted by Crippen LogP contribution is -2.20. The summed E-state index contributed by atoms with van der Waals surface area (Å²) in [7, 11) is 0. The largest absolute Gasteiger partial charge is 0.314 e. The first-order valence-corrected chi connectivity index (χ1v) is 5.17. The van der Waals surface area contributed by atoms with Gasteiger partial charge in [-0.25, -0.2) is 0 Å². The maximum atomic E-state index is 3.49. The molecule has 0 amide bonds. The normalized spacial score (nSPS) is 22.6. The zero-order valence-electron chi connectivity index (χ0n) is 8.32. The molecule has 0 aliphatic carbocycles. The third-order valence-electron chi connectivity index (χ3n) is 2.07. The summed E-state index contributed by atoms with van der Waals surface area (Å²) in [6.07, 6.45) is 6.96. The van der Waals surface area contributed by atoms with E-state index in [1.807, 2.05) is 13.8 Å². The van der Waals surface area contributed by atoms with E-state index in [4.69, 9.17) is 0 Å². The highest BCUT2D eigenvalue weighted by Gasteiger charge is 2.11. The van der Waals surface area contributed by atoms with Crippen LogP contribution in [0.25, 0.3) is 0 Å². The van der Waals surface area contributed by atoms with E-state index in [-0.39, 0.29) is 0 Å². The average molecular weight is 157 g/mol. The molecule has 0 saturated carbocycles. The molecule has 1 aliphatic rings. The van der Waals surface area contributed by atoms with Gasteiger partial charge in [0.15, 0.2) is 0 Å². The Morgan fingerprint density at radius 2 is 2.09 bits per heavy atom. The van der Waals surface area contributed by atoms with E-state index in [1.165, 1.54) is 38.6 Å². The molecule has 1 atom stereocenters. The lowest BCUT2D eigenvalue weighted by atomic mass is 10.1. The summed E-state index contributed by atoms with van der Waals surface area (Å²) in [5, 5.41) is 3.49. The summed E-state index contributed by atoms with van der Waals surface area (Å²) in [6.45, 7) is 7.52. The van der Waals surface area contributed by atoms with E-state index in [0.717, 1.165) is 6.04 Å². The minimum atomic E-state index is 0.866. The van der Waals surface area contributed by atoms with Crippen LogP contribution in [0.4, 0.5) is 0 Å². The van der Waals surface area contributed by atoms with Gasteiger partial charge in [-0.3, -0.25) is 0 Å². The summed E-state index contributed by atoms with van der Waals surface area (Å²) < 4.78 is 0. The molecule has 1 heteroatoms. The second-order valence-corrected chi connectivity index (χ2v) is 2.94. The van der Waals surface area contributed by atoms with Crippen LogP contribution in [-0.4, -0.2) is 12.6 Å². The van der Waals surface area contributed by atoms with E-state index in [1.54, 1.807) is 0 Å². The van der Waals surface area contributed by atoms with Crippen LogP contribution in [0.3, 0.4) is 0 Å². The Balaban J connectivity index is 0.000000461. The summed E-state index contributed by atoms with van der Waals surface area (Å²) in [6, 6.07) is 0.866. The fourth-order valence-corrected chi connectivity index (χ4v) is 1.45. The minimum absolute atomic E-state index is 0.866. The van der Waals surface area contributed by atoms with Gasteiger partial charge in [0.25, 0.3) is 0 Å². The maximum Gasteiger partial charge on any atom is 0.00675 e. The second-order valence-electron chi connectivity index (χ2n) is 2.94. The van der Waals surface area contributed by atoms with Crippen molar-refractivity contribution in [1.82, 2.24) is 5.32 Å². The highest BCUT2D eigenvalue weighted by Crippen LogP contribution is 2.11. The van der Waals surface area contributed by atoms with E-state index >= 15 is 0 Å². The van der Waals surface area contributed by atoms with Gasteiger partial charge >= 0.3 is 0 Å². The number of nitrogens with one attached hydrogen (secondary N) is 1. The van der Waals surface area contributed by atoms with Crippen molar-refractivity contribution in [2.24, 2.45) is 0 Å². The van der Waals surface area contributed by atoms with Gasteiger partial charge in [0.05, 0.1) is 0 Å². The van der Waals surface area contributed by atoms with Crippen molar-refractivity contribution in [1.29, 1.82) is 0 Å². The third kappa shape index (κ3) is 5.25. The third-order valence-corrected chi connectivity index (χ3v) is 2.07. The minimum Gasteiger partial charge on any atom is -0.314 e. The molecule has 0 aromatic rings. The Bertz CT molecular complexity index is 65.3. The zero-order chi connectivity index (χ0) is 8.53. The molecule has 1 N–H and O–H groups in total. The molecular formula is C10H23N. The Labute approximate surface area is 71.6 Å². The molecule has 1 heterocycles. The van der Waals surface area contributed by atoms with Crippen molar-refractivity contribution in [3.8, 4) is 0 Å². The standard InChI is InChI=1S/C8H17N.C2H6/c1-2-3-5-8-6-4-7-9-8;1-2/h8-9H,2-7H2,1H3;1-2H3. The van der Waals surface area contributed by atoms with Gasteiger partial charge < -0.3 is 5.32 Å². The zero-order valence-corrected chi connectivity index (χ0v) is 8.32. The molecule has 0 radical (unpaired) electrons. The van der Waals surface area contributed by atoms with Crippen LogP contribution in [0, 0.1) is 0 Å². The van der Waals surface area contributed by atoms with Gasteiger partial charge in [-0.15, -0.1) is 0 Å². The fourth-order valence-electron chi connectivity index (χ4n) is 1.45. The fraction of sp³-hybridized carbons (Fsp3) is 1.00. The van der Waals surface area contributed by atoms with Crippen molar-refractivity contribution in [2.75, 3.05) is 6.54 Å². The molecule has 0 bridgehead atoms. The summed E-state index contributed by atoms with van der Waals surface area (Å²) in [4.78, 5) is 0. The molecule has 1 unspecified atom stereocenters. The maximum absolute atomic E-state index is 3.49. The Morgan fingerprint density at radius 1 is 1.36 bits per heavy atom. The lowest BCUT2D eigenvalue weighted by Gasteiger charge is -2.06. The quantitative estimate of drug-likeness (QED) is 0.664. The van der Waals surface area contributed by atoms with Gasteiger partial charge in [0, 0.05) is 6.04 Å². The molecule has 1 rings (SSSR count). The molecule has 1 saturated heterocycles. The highest BCUT2D eigenvalue weighted by atomic mass is 14.9. The molecule has 11 heavy (non-hydrogen) atoms. The van der Waals surface area contributed by atoms with Crippen molar-refractivity contribution in [2.45, 2.75) is 58.9 Å². The highest BCUT2D eigenvalue weighted by molar-refractivity contribution is 4.73. The van der Waals surface area contributed by atoms with Gasteiger partial charge in [0.1, 0.15) is 0 Å². The lowest BCUT2D eigenvalue weighted by molar-refractivity contribution is 0.532. The molecule has 1 nitrogen and oxygen atoms in total. The summed E-state index contributed by atoms with van der Waals surface area (Å²) >= 11 is 0. The first-order valence-electron chi connectivity index (χ1n) is 5.17. The Morgan fingerprint density at radius 3 is 2.55 bits per heavy atom. The van der Waals surface area contributed by atoms with Gasteiger partial charge in [-0.2, -0.15) is 0 Å². The predicted molar refractivity (Wildman–Crippen MR) is 51.9 cm³/mol. The Kier molecular flexibility index (Phi) is 8.03. The van der Waals surface area contributed by atoms with Crippen LogP contribution in [0.1, 0.15) is 52.9 Å². The molecule has 1 fully saturated rings. The second kappa shape index (κ2) is 8.06. The molecule has 1 aliphatic heterocycles. The SMILES string of the molecule is CC.CCCCC1CCCN1. The number of hydrogen-bond acceptors (Lipinski definition) is 1. The van der Waals surface area contributed by atoms with Crippen LogP contribution in [0.2, 0.25) is 0 Å². The Hall–Kier alpha value is -0.0400. The van der Waals surface area contributed by atoms with E-state index in [2.05, 4.69) is 12.2 Å². The van der Waals surface area contributed by atoms with Crippen molar-refractivity contribution >= 4 is 0 Å². The molecule has 0 aromatic heterocycles. The van der Waals surface area contributed by atoms with Crippen molar-refractivity contribution in [3.63, 3.8) is 0 Å². The number of rotatable bonds is 3. The molecule has 0 aromatic carbocycles. The molecular weight excluding hydrogens is 134 g/mol. The first kappa shape index (κ1) is 11.0. The van der Waals surface area contributed by atoms with Crippen LogP contribution in [-0.2, 0) is 0 Å². The van der Waals surface area contributed by atoms with Gasteiger partial charge in [0.2, 0.25) is 0 Å². The predicted octanol–water partition coefficient (Wildman–Crippen LogP) is 2.95. The number of unbranched alkanes of at least 4 members (excludes halogenated alkanes) is 1. The summed E-state index contributed by atoms with van der Waals surface area (Å²) in [5.74, 6) is 0. The van der Waals surface area contributed by atoms with Crippen LogP contribution < -0.4 is 5.32 Å². The molecule has 68 valence electrons. The van der Waals surface area contributed by atoms with Crippen molar-refractivity contribution in [3.05, 3.63) is 0 Å². The first-order chi connectivity index (χ1) is 5.43. The van der Waals surface area contributed by atoms with Crippen LogP contribution in [0.5, 0.6) is 0 Å². The number of hydrogen-bond donors (Lipinski definition) is 1. The van der Waals surface area contributed by atoms with E-state index in [0.29, 0.717) is 0 Å². The monoisotopic (exact) mass is 157 g/mol. The average Bonchev–Trinajstić information content (AvgIpc) is 2.57. The van der Waals surface area contributed by atoms with Crippen LogP contribution in [0.15, 0.2) is 0 Å². The van der Waals surface area contributed by atoms with Crippen LogP contribution >= 0.6 is 0 Å².